The predicted octanol–water partition coefficient (Wildman–Crippen LogP) is 4.41. The number of aromatic nitrogens is 1. The van der Waals surface area contributed by atoms with Crippen LogP contribution in [-0.2, 0) is 22.3 Å². The van der Waals surface area contributed by atoms with Crippen molar-refractivity contribution in [3.8, 4) is 0 Å². The lowest BCUT2D eigenvalue weighted by Crippen LogP contribution is -2.35. The highest BCUT2D eigenvalue weighted by molar-refractivity contribution is 6.31. The fraction of sp³-hybridized carbons (Fsp3) is 0.250. The summed E-state index contributed by atoms with van der Waals surface area (Å²) in [6.45, 7) is -0.399. The number of fused-ring (bicyclic) bond motifs is 1. The van der Waals surface area contributed by atoms with E-state index in [1.54, 1.807) is 12.1 Å². The molecular formula is C20H16Cl2F3N3O4. The maximum Gasteiger partial charge on any atom is 0.419 e. The van der Waals surface area contributed by atoms with Crippen LogP contribution in [0.2, 0.25) is 10.0 Å². The lowest BCUT2D eigenvalue weighted by Gasteiger charge is -2.17. The number of aryl methyl sites for hydroxylation is 1. The maximum atomic E-state index is 12.9. The van der Waals surface area contributed by atoms with Crippen molar-refractivity contribution in [3.05, 3.63) is 62.6 Å². The Kier molecular flexibility index (Phi) is 6.85. The number of anilines is 1. The number of amides is 2. The molecule has 0 fully saturated rings. The van der Waals surface area contributed by atoms with E-state index in [1.165, 1.54) is 23.7 Å². The highest BCUT2D eigenvalue weighted by Crippen LogP contribution is 2.36. The predicted molar refractivity (Wildman–Crippen MR) is 113 cm³/mol. The molecular weight excluding hydrogens is 474 g/mol. The second kappa shape index (κ2) is 9.25. The average Bonchev–Trinajstić information content (AvgIpc) is 3.00. The largest absolute Gasteiger partial charge is 0.419 e. The van der Waals surface area contributed by atoms with Gasteiger partial charge in [-0.25, -0.2) is 4.79 Å². The molecule has 1 heterocycles. The minimum absolute atomic E-state index is 0.00435. The van der Waals surface area contributed by atoms with Gasteiger partial charge >= 0.3 is 11.9 Å². The molecule has 0 unspecified atom stereocenters. The minimum Gasteiger partial charge on any atom is -0.408 e. The van der Waals surface area contributed by atoms with E-state index in [-0.39, 0.29) is 24.2 Å². The summed E-state index contributed by atoms with van der Waals surface area (Å²) < 4.78 is 45.2. The third-order valence-corrected chi connectivity index (χ3v) is 5.11. The molecule has 1 aromatic heterocycles. The molecule has 3 aromatic rings. The summed E-state index contributed by atoms with van der Waals surface area (Å²) in [6, 6.07) is 7.61. The minimum atomic E-state index is -4.68. The van der Waals surface area contributed by atoms with Crippen molar-refractivity contribution in [2.24, 2.45) is 0 Å². The van der Waals surface area contributed by atoms with E-state index in [0.29, 0.717) is 16.6 Å². The molecule has 12 heteroatoms. The van der Waals surface area contributed by atoms with Crippen molar-refractivity contribution < 1.29 is 27.2 Å². The molecule has 7 nitrogen and oxygen atoms in total. The summed E-state index contributed by atoms with van der Waals surface area (Å²) >= 11 is 11.4. The fourth-order valence-electron chi connectivity index (χ4n) is 2.97. The molecule has 0 saturated carbocycles. The summed E-state index contributed by atoms with van der Waals surface area (Å²) in [5, 5.41) is 2.20. The van der Waals surface area contributed by atoms with Gasteiger partial charge in [0.25, 0.3) is 0 Å². The van der Waals surface area contributed by atoms with Gasteiger partial charge in [0.05, 0.1) is 22.6 Å². The lowest BCUT2D eigenvalue weighted by atomic mass is 10.2. The zero-order chi connectivity index (χ0) is 23.6. The maximum absolute atomic E-state index is 12.9. The summed E-state index contributed by atoms with van der Waals surface area (Å²) in [5.74, 6) is -1.81. The van der Waals surface area contributed by atoms with Crippen molar-refractivity contribution in [2.75, 3.05) is 18.9 Å². The van der Waals surface area contributed by atoms with Crippen LogP contribution in [0.1, 0.15) is 12.0 Å². The molecule has 0 saturated heterocycles. The van der Waals surface area contributed by atoms with E-state index in [9.17, 15) is 27.6 Å². The zero-order valence-corrected chi connectivity index (χ0v) is 18.0. The normalized spacial score (nSPS) is 11.6. The summed E-state index contributed by atoms with van der Waals surface area (Å²) in [7, 11) is 1.36. The number of alkyl halides is 3. The Morgan fingerprint density at radius 1 is 1.16 bits per heavy atom. The van der Waals surface area contributed by atoms with Gasteiger partial charge in [-0.15, -0.1) is 0 Å². The number of nitrogens with one attached hydrogen (secondary N) is 1. The average molecular weight is 490 g/mol. The van der Waals surface area contributed by atoms with Crippen molar-refractivity contribution >= 4 is 51.8 Å². The number of hydrogen-bond acceptors (Lipinski definition) is 4. The Balaban J connectivity index is 1.60. The Morgan fingerprint density at radius 2 is 1.88 bits per heavy atom. The lowest BCUT2D eigenvalue weighted by molar-refractivity contribution is -0.137. The highest BCUT2D eigenvalue weighted by Gasteiger charge is 2.33. The molecule has 1 N–H and O–H groups in total. The number of nitrogens with zero attached hydrogens (tertiary/aromatic N) is 2. The van der Waals surface area contributed by atoms with Gasteiger partial charge in [0.15, 0.2) is 5.58 Å². The van der Waals surface area contributed by atoms with Crippen LogP contribution in [0.5, 0.6) is 0 Å². The molecule has 0 aliphatic carbocycles. The fourth-order valence-corrected chi connectivity index (χ4v) is 3.36. The number of rotatable bonds is 6. The number of carbonyl (C=O) groups is 2. The Hall–Kier alpha value is -2.98. The Bertz CT molecular complexity index is 1240. The molecule has 0 atom stereocenters. The smallest absolute Gasteiger partial charge is 0.408 e. The summed E-state index contributed by atoms with van der Waals surface area (Å²) in [4.78, 5) is 37.6. The third-order valence-electron chi connectivity index (χ3n) is 4.54. The molecule has 0 spiro atoms. The highest BCUT2D eigenvalue weighted by atomic mass is 35.5. The van der Waals surface area contributed by atoms with Gasteiger partial charge < -0.3 is 14.6 Å². The van der Waals surface area contributed by atoms with Gasteiger partial charge in [-0.2, -0.15) is 13.2 Å². The van der Waals surface area contributed by atoms with E-state index < -0.39 is 40.9 Å². The Labute approximate surface area is 189 Å². The van der Waals surface area contributed by atoms with E-state index >= 15 is 0 Å². The molecule has 2 aromatic carbocycles. The van der Waals surface area contributed by atoms with Crippen LogP contribution in [-0.4, -0.2) is 34.9 Å². The van der Waals surface area contributed by atoms with Crippen LogP contribution in [0.15, 0.2) is 45.6 Å². The van der Waals surface area contributed by atoms with E-state index in [4.69, 9.17) is 27.6 Å². The molecule has 32 heavy (non-hydrogen) atoms. The molecule has 170 valence electrons. The first kappa shape index (κ1) is 23.7. The quantitative estimate of drug-likeness (QED) is 0.555. The standard InChI is InChI=1S/C20H16Cl2F3N3O4/c1-27(10-17(29)26-12-3-4-14(22)13(9-12)20(23,24)25)18(30)6-7-28-15-5-2-11(21)8-16(15)32-19(28)31/h2-5,8-9H,6-7,10H2,1H3,(H,26,29). The van der Waals surface area contributed by atoms with Gasteiger partial charge in [0.1, 0.15) is 0 Å². The number of benzene rings is 2. The number of hydrogen-bond donors (Lipinski definition) is 1. The Morgan fingerprint density at radius 3 is 2.56 bits per heavy atom. The second-order valence-electron chi connectivity index (χ2n) is 6.87. The van der Waals surface area contributed by atoms with E-state index in [0.717, 1.165) is 11.0 Å². The molecule has 2 amide bonds. The van der Waals surface area contributed by atoms with Crippen LogP contribution >= 0.6 is 23.2 Å². The second-order valence-corrected chi connectivity index (χ2v) is 7.72. The summed E-state index contributed by atoms with van der Waals surface area (Å²) in [6.07, 6.45) is -4.79. The summed E-state index contributed by atoms with van der Waals surface area (Å²) in [5.41, 5.74) is -0.442. The van der Waals surface area contributed by atoms with Gasteiger partial charge in [0.2, 0.25) is 11.8 Å². The van der Waals surface area contributed by atoms with Gasteiger partial charge in [-0.1, -0.05) is 23.2 Å². The monoisotopic (exact) mass is 489 g/mol. The third kappa shape index (κ3) is 5.43. The first-order valence-electron chi connectivity index (χ1n) is 9.15. The van der Waals surface area contributed by atoms with Crippen LogP contribution in [0.25, 0.3) is 11.1 Å². The number of carbonyl (C=O) groups excluding carboxylic acids is 2. The van der Waals surface area contributed by atoms with Crippen LogP contribution in [0, 0.1) is 0 Å². The first-order valence-corrected chi connectivity index (χ1v) is 9.91. The van der Waals surface area contributed by atoms with Crippen molar-refractivity contribution in [1.82, 2.24) is 9.47 Å². The number of likely N-dealkylation sites (N-methyl/N-ethyl adjacent to an activating group) is 1. The van der Waals surface area contributed by atoms with Gasteiger partial charge in [-0.05, 0) is 30.3 Å². The number of halogens is 5. The zero-order valence-electron chi connectivity index (χ0n) is 16.5. The van der Waals surface area contributed by atoms with E-state index in [2.05, 4.69) is 5.32 Å². The molecule has 0 aliphatic heterocycles. The topological polar surface area (TPSA) is 84.5 Å². The first-order chi connectivity index (χ1) is 15.0. The van der Waals surface area contributed by atoms with Crippen LogP contribution < -0.4 is 11.1 Å². The molecule has 0 radical (unpaired) electrons. The van der Waals surface area contributed by atoms with Crippen LogP contribution in [0.3, 0.4) is 0 Å². The van der Waals surface area contributed by atoms with E-state index in [1.807, 2.05) is 0 Å². The molecule has 0 bridgehead atoms. The van der Waals surface area contributed by atoms with Crippen molar-refractivity contribution in [3.63, 3.8) is 0 Å². The molecule has 3 rings (SSSR count). The number of oxazole rings is 1. The SMILES string of the molecule is CN(CC(=O)Nc1ccc(Cl)c(C(F)(F)F)c1)C(=O)CCn1c(=O)oc2cc(Cl)ccc21. The van der Waals surface area contributed by atoms with Crippen molar-refractivity contribution in [2.45, 2.75) is 19.1 Å². The van der Waals surface area contributed by atoms with Crippen LogP contribution in [0.4, 0.5) is 18.9 Å². The van der Waals surface area contributed by atoms with Gasteiger partial charge in [-0.3, -0.25) is 14.2 Å². The van der Waals surface area contributed by atoms with Crippen molar-refractivity contribution in [1.29, 1.82) is 0 Å². The molecule has 0 aliphatic rings. The van der Waals surface area contributed by atoms with Gasteiger partial charge in [0, 0.05) is 36.8 Å².